The highest BCUT2D eigenvalue weighted by Crippen LogP contribution is 2.13. The highest BCUT2D eigenvalue weighted by molar-refractivity contribution is 5.37. The molecule has 0 radical (unpaired) electrons. The Hall–Kier alpha value is -0.790. The predicted molar refractivity (Wildman–Crippen MR) is 54.4 cm³/mol. The number of allylic oxidation sites excluding steroid dienone is 1. The summed E-state index contributed by atoms with van der Waals surface area (Å²) in [4.78, 5) is 9.98. The number of rotatable bonds is 8. The van der Waals surface area contributed by atoms with Gasteiger partial charge in [0.15, 0.2) is 0 Å². The van der Waals surface area contributed by atoms with Crippen LogP contribution < -0.4 is 0 Å². The minimum absolute atomic E-state index is 0.0634. The lowest BCUT2D eigenvalue weighted by Crippen LogP contribution is -2.07. The third kappa shape index (κ3) is 7.57. The lowest BCUT2D eigenvalue weighted by atomic mass is 10.00. The Morgan fingerprint density at radius 2 is 2.08 bits per heavy atom. The van der Waals surface area contributed by atoms with Gasteiger partial charge in [-0.25, -0.2) is 0 Å². The smallest absolute Gasteiger partial charge is 0.293 e. The van der Waals surface area contributed by atoms with Gasteiger partial charge in [0.2, 0.25) is 0 Å². The first-order valence-corrected chi connectivity index (χ1v) is 4.90. The van der Waals surface area contributed by atoms with E-state index in [2.05, 4.69) is 13.5 Å². The van der Waals surface area contributed by atoms with Gasteiger partial charge < -0.3 is 4.74 Å². The van der Waals surface area contributed by atoms with Crippen LogP contribution >= 0.6 is 0 Å². The molecule has 0 aliphatic carbocycles. The standard InChI is InChI=1S/C11H20O2/c1-4-6-10(2)7-5-8-11(3)13-9-12/h4,9-11H,1,5-8H2,2-3H3/t10?,11-/m1/s1. The van der Waals surface area contributed by atoms with E-state index in [0.717, 1.165) is 19.3 Å². The van der Waals surface area contributed by atoms with E-state index in [9.17, 15) is 4.79 Å². The summed E-state index contributed by atoms with van der Waals surface area (Å²) in [6, 6.07) is 0. The van der Waals surface area contributed by atoms with Crippen LogP contribution in [0.25, 0.3) is 0 Å². The van der Waals surface area contributed by atoms with Crippen molar-refractivity contribution in [3.8, 4) is 0 Å². The Labute approximate surface area is 81.0 Å². The summed E-state index contributed by atoms with van der Waals surface area (Å²) in [5, 5.41) is 0. The zero-order chi connectivity index (χ0) is 10.1. The molecule has 0 aliphatic heterocycles. The van der Waals surface area contributed by atoms with Crippen LogP contribution in [0.1, 0.15) is 39.5 Å². The van der Waals surface area contributed by atoms with E-state index in [1.807, 2.05) is 13.0 Å². The van der Waals surface area contributed by atoms with Crippen LogP contribution in [0.5, 0.6) is 0 Å². The fraction of sp³-hybridized carbons (Fsp3) is 0.727. The van der Waals surface area contributed by atoms with E-state index in [4.69, 9.17) is 4.74 Å². The van der Waals surface area contributed by atoms with Crippen molar-refractivity contribution in [2.75, 3.05) is 0 Å². The summed E-state index contributed by atoms with van der Waals surface area (Å²) < 4.78 is 4.78. The quantitative estimate of drug-likeness (QED) is 0.428. The summed E-state index contributed by atoms with van der Waals surface area (Å²) in [6.45, 7) is 8.37. The molecular formula is C11H20O2. The van der Waals surface area contributed by atoms with Crippen molar-refractivity contribution in [3.63, 3.8) is 0 Å². The minimum atomic E-state index is 0.0634. The summed E-state index contributed by atoms with van der Waals surface area (Å²) in [7, 11) is 0. The van der Waals surface area contributed by atoms with Crippen LogP contribution in [-0.2, 0) is 9.53 Å². The molecule has 0 amide bonds. The van der Waals surface area contributed by atoms with Gasteiger partial charge in [0.1, 0.15) is 0 Å². The monoisotopic (exact) mass is 184 g/mol. The first-order valence-electron chi connectivity index (χ1n) is 4.90. The number of hydrogen-bond acceptors (Lipinski definition) is 2. The molecule has 0 bridgehead atoms. The molecule has 0 aliphatic rings. The van der Waals surface area contributed by atoms with E-state index in [1.54, 1.807) is 0 Å². The summed E-state index contributed by atoms with van der Waals surface area (Å²) in [5.74, 6) is 0.695. The molecule has 0 N–H and O–H groups in total. The fourth-order valence-electron chi connectivity index (χ4n) is 1.32. The fourth-order valence-corrected chi connectivity index (χ4v) is 1.32. The van der Waals surface area contributed by atoms with Crippen LogP contribution in [0.2, 0.25) is 0 Å². The molecule has 0 fully saturated rings. The zero-order valence-corrected chi connectivity index (χ0v) is 8.66. The molecule has 0 spiro atoms. The first kappa shape index (κ1) is 12.2. The number of carbonyl (C=O) groups is 1. The van der Waals surface area contributed by atoms with Crippen molar-refractivity contribution in [1.82, 2.24) is 0 Å². The van der Waals surface area contributed by atoms with E-state index in [-0.39, 0.29) is 6.10 Å². The summed E-state index contributed by atoms with van der Waals surface area (Å²) >= 11 is 0. The van der Waals surface area contributed by atoms with Gasteiger partial charge in [0.25, 0.3) is 6.47 Å². The normalized spacial score (nSPS) is 14.6. The highest BCUT2D eigenvalue weighted by Gasteiger charge is 2.03. The molecule has 1 unspecified atom stereocenters. The van der Waals surface area contributed by atoms with Crippen LogP contribution in [0, 0.1) is 5.92 Å². The lowest BCUT2D eigenvalue weighted by molar-refractivity contribution is -0.133. The molecule has 0 aromatic rings. The number of carbonyl (C=O) groups excluding carboxylic acids is 1. The van der Waals surface area contributed by atoms with Gasteiger partial charge in [0, 0.05) is 0 Å². The maximum Gasteiger partial charge on any atom is 0.293 e. The molecule has 76 valence electrons. The third-order valence-corrected chi connectivity index (χ3v) is 2.16. The number of hydrogen-bond donors (Lipinski definition) is 0. The Balaban J connectivity index is 3.32. The molecule has 2 nitrogen and oxygen atoms in total. The van der Waals surface area contributed by atoms with Crippen LogP contribution in [0.4, 0.5) is 0 Å². The van der Waals surface area contributed by atoms with Gasteiger partial charge in [-0.2, -0.15) is 0 Å². The van der Waals surface area contributed by atoms with Crippen LogP contribution in [-0.4, -0.2) is 12.6 Å². The zero-order valence-electron chi connectivity index (χ0n) is 8.66. The Bertz CT molecular complexity index is 127. The van der Waals surface area contributed by atoms with Crippen molar-refractivity contribution in [1.29, 1.82) is 0 Å². The molecule has 13 heavy (non-hydrogen) atoms. The Morgan fingerprint density at radius 1 is 1.38 bits per heavy atom. The van der Waals surface area contributed by atoms with Crippen LogP contribution in [0.15, 0.2) is 12.7 Å². The summed E-state index contributed by atoms with van der Waals surface area (Å²) in [6.07, 6.45) is 6.34. The van der Waals surface area contributed by atoms with Crippen molar-refractivity contribution < 1.29 is 9.53 Å². The second kappa shape index (κ2) is 7.84. The molecule has 0 aromatic heterocycles. The molecule has 0 heterocycles. The molecule has 2 heteroatoms. The molecule has 0 aromatic carbocycles. The average Bonchev–Trinajstić information content (AvgIpc) is 2.05. The van der Waals surface area contributed by atoms with Crippen LogP contribution in [0.3, 0.4) is 0 Å². The van der Waals surface area contributed by atoms with E-state index in [0.29, 0.717) is 12.4 Å². The van der Waals surface area contributed by atoms with E-state index < -0.39 is 0 Å². The third-order valence-electron chi connectivity index (χ3n) is 2.16. The van der Waals surface area contributed by atoms with Gasteiger partial charge in [-0.05, 0) is 32.1 Å². The number of ether oxygens (including phenoxy) is 1. The summed E-state index contributed by atoms with van der Waals surface area (Å²) in [5.41, 5.74) is 0. The maximum absolute atomic E-state index is 9.98. The first-order chi connectivity index (χ1) is 6.20. The Kier molecular flexibility index (Phi) is 7.36. The molecule has 0 rings (SSSR count). The minimum Gasteiger partial charge on any atom is -0.465 e. The van der Waals surface area contributed by atoms with Gasteiger partial charge in [-0.3, -0.25) is 4.79 Å². The van der Waals surface area contributed by atoms with Crippen molar-refractivity contribution >= 4 is 6.47 Å². The molecule has 0 saturated carbocycles. The lowest BCUT2D eigenvalue weighted by Gasteiger charge is -2.11. The van der Waals surface area contributed by atoms with Crippen molar-refractivity contribution in [3.05, 3.63) is 12.7 Å². The second-order valence-electron chi connectivity index (χ2n) is 3.60. The SMILES string of the molecule is C=CCC(C)CCC[C@@H](C)OC=O. The van der Waals surface area contributed by atoms with Gasteiger partial charge in [-0.15, -0.1) is 6.58 Å². The van der Waals surface area contributed by atoms with Gasteiger partial charge >= 0.3 is 0 Å². The van der Waals surface area contributed by atoms with Crippen molar-refractivity contribution in [2.24, 2.45) is 5.92 Å². The van der Waals surface area contributed by atoms with Crippen molar-refractivity contribution in [2.45, 2.75) is 45.6 Å². The predicted octanol–water partition coefficient (Wildman–Crippen LogP) is 2.93. The molecular weight excluding hydrogens is 164 g/mol. The average molecular weight is 184 g/mol. The second-order valence-corrected chi connectivity index (χ2v) is 3.60. The largest absolute Gasteiger partial charge is 0.465 e. The topological polar surface area (TPSA) is 26.3 Å². The maximum atomic E-state index is 9.98. The molecule has 0 saturated heterocycles. The Morgan fingerprint density at radius 3 is 2.62 bits per heavy atom. The molecule has 2 atom stereocenters. The van der Waals surface area contributed by atoms with E-state index in [1.165, 1.54) is 6.42 Å². The van der Waals surface area contributed by atoms with Gasteiger partial charge in [0.05, 0.1) is 6.10 Å². The highest BCUT2D eigenvalue weighted by atomic mass is 16.5. The van der Waals surface area contributed by atoms with Gasteiger partial charge in [-0.1, -0.05) is 19.4 Å². The van der Waals surface area contributed by atoms with E-state index >= 15 is 0 Å².